The first kappa shape index (κ1) is 17.5. The van der Waals surface area contributed by atoms with Crippen molar-refractivity contribution in [3.05, 3.63) is 85.1 Å². The van der Waals surface area contributed by atoms with Crippen molar-refractivity contribution in [2.45, 2.75) is 0 Å². The summed E-state index contributed by atoms with van der Waals surface area (Å²) in [6.45, 7) is 0. The minimum atomic E-state index is -0.288. The van der Waals surface area contributed by atoms with Crippen molar-refractivity contribution in [1.29, 1.82) is 0 Å². The Morgan fingerprint density at radius 3 is 2.58 bits per heavy atom. The van der Waals surface area contributed by atoms with Crippen LogP contribution >= 0.6 is 0 Å². The second-order valence-corrected chi connectivity index (χ2v) is 7.22. The highest BCUT2D eigenvalue weighted by Gasteiger charge is 2.16. The van der Waals surface area contributed by atoms with E-state index < -0.39 is 0 Å². The van der Waals surface area contributed by atoms with Gasteiger partial charge in [-0.05, 0) is 59.2 Å². The molecule has 7 heteroatoms. The Balaban J connectivity index is 1.52. The summed E-state index contributed by atoms with van der Waals surface area (Å²) in [5.74, 6) is 0.314. The van der Waals surface area contributed by atoms with Gasteiger partial charge in [0.15, 0.2) is 11.5 Å². The van der Waals surface area contributed by atoms with Gasteiger partial charge in [-0.3, -0.25) is 10.1 Å². The van der Waals surface area contributed by atoms with Crippen molar-refractivity contribution in [2.24, 2.45) is 0 Å². The van der Waals surface area contributed by atoms with Crippen LogP contribution in [0.15, 0.2) is 79.3 Å². The van der Waals surface area contributed by atoms with Crippen LogP contribution in [0.25, 0.3) is 55.8 Å². The van der Waals surface area contributed by atoms with Gasteiger partial charge in [-0.2, -0.15) is 5.10 Å². The number of fused-ring (bicyclic) bond motifs is 2. The molecule has 2 N–H and O–H groups in total. The second-order valence-electron chi connectivity index (χ2n) is 7.22. The van der Waals surface area contributed by atoms with E-state index in [1.807, 2.05) is 36.4 Å². The van der Waals surface area contributed by atoms with Crippen LogP contribution in [-0.4, -0.2) is 30.1 Å². The first-order valence-corrected chi connectivity index (χ1v) is 9.76. The zero-order valence-electron chi connectivity index (χ0n) is 16.2. The highest BCUT2D eigenvalue weighted by Crippen LogP contribution is 2.32. The van der Waals surface area contributed by atoms with Crippen LogP contribution in [0.1, 0.15) is 0 Å². The van der Waals surface area contributed by atoms with Gasteiger partial charge in [0.05, 0.1) is 11.0 Å². The maximum absolute atomic E-state index is 13.8. The summed E-state index contributed by atoms with van der Waals surface area (Å²) < 4.78 is 13.8. The number of pyridine rings is 2. The number of aromatic nitrogens is 6. The predicted molar refractivity (Wildman–Crippen MR) is 118 cm³/mol. The fraction of sp³-hybridized carbons (Fsp3) is 0. The maximum Gasteiger partial charge on any atom is 0.178 e. The Kier molecular flexibility index (Phi) is 3.86. The molecule has 0 radical (unpaired) electrons. The van der Waals surface area contributed by atoms with Gasteiger partial charge in [-0.15, -0.1) is 0 Å². The highest BCUT2D eigenvalue weighted by atomic mass is 19.1. The molecule has 0 bridgehead atoms. The number of rotatable bonds is 3. The molecule has 6 nitrogen and oxygen atoms in total. The van der Waals surface area contributed by atoms with E-state index in [-0.39, 0.29) is 5.82 Å². The Morgan fingerprint density at radius 1 is 0.806 bits per heavy atom. The van der Waals surface area contributed by atoms with Gasteiger partial charge in [-0.1, -0.05) is 18.2 Å². The Bertz CT molecular complexity index is 1550. The lowest BCUT2D eigenvalue weighted by molar-refractivity contribution is 0.628. The molecule has 0 aliphatic heterocycles. The molecule has 2 aromatic carbocycles. The number of benzene rings is 2. The number of halogens is 1. The fourth-order valence-electron chi connectivity index (χ4n) is 3.84. The molecule has 0 saturated carbocycles. The van der Waals surface area contributed by atoms with E-state index in [4.69, 9.17) is 0 Å². The molecule has 148 valence electrons. The summed E-state index contributed by atoms with van der Waals surface area (Å²) >= 11 is 0. The molecule has 31 heavy (non-hydrogen) atoms. The minimum absolute atomic E-state index is 0.288. The molecule has 6 aromatic rings. The van der Waals surface area contributed by atoms with Gasteiger partial charge < -0.3 is 4.98 Å². The van der Waals surface area contributed by atoms with E-state index in [1.165, 1.54) is 12.1 Å². The van der Waals surface area contributed by atoms with Crippen LogP contribution < -0.4 is 0 Å². The molecule has 0 amide bonds. The van der Waals surface area contributed by atoms with E-state index in [0.717, 1.165) is 38.7 Å². The van der Waals surface area contributed by atoms with Crippen LogP contribution in [0.4, 0.5) is 4.39 Å². The average molecular weight is 406 g/mol. The first-order valence-electron chi connectivity index (χ1n) is 9.76. The fourth-order valence-corrected chi connectivity index (χ4v) is 3.84. The molecule has 0 aliphatic carbocycles. The largest absolute Gasteiger partial charge is 0.335 e. The number of H-pyrrole nitrogens is 2. The lowest BCUT2D eigenvalue weighted by Gasteiger charge is -2.02. The molecule has 0 spiro atoms. The SMILES string of the molecule is Fc1cccc(-c2ccnc3nc(-c4n[nH]c5ccc(-c6ccncc6)cc45)[nH]c23)c1. The van der Waals surface area contributed by atoms with Crippen LogP contribution in [0.5, 0.6) is 0 Å². The number of nitrogens with zero attached hydrogens (tertiary/aromatic N) is 4. The van der Waals surface area contributed by atoms with Gasteiger partial charge >= 0.3 is 0 Å². The van der Waals surface area contributed by atoms with Crippen LogP contribution in [-0.2, 0) is 0 Å². The van der Waals surface area contributed by atoms with Gasteiger partial charge in [0.25, 0.3) is 0 Å². The molecule has 0 unspecified atom stereocenters. The van der Waals surface area contributed by atoms with Crippen LogP contribution in [0.3, 0.4) is 0 Å². The van der Waals surface area contributed by atoms with Crippen molar-refractivity contribution in [1.82, 2.24) is 30.1 Å². The Labute approximate surface area is 175 Å². The summed E-state index contributed by atoms with van der Waals surface area (Å²) in [5.41, 5.74) is 6.63. The highest BCUT2D eigenvalue weighted by molar-refractivity contribution is 5.97. The van der Waals surface area contributed by atoms with Crippen molar-refractivity contribution >= 4 is 22.1 Å². The van der Waals surface area contributed by atoms with E-state index >= 15 is 0 Å². The van der Waals surface area contributed by atoms with Crippen molar-refractivity contribution in [3.63, 3.8) is 0 Å². The van der Waals surface area contributed by atoms with Gasteiger partial charge in [-0.25, -0.2) is 14.4 Å². The lowest BCUT2D eigenvalue weighted by Crippen LogP contribution is -1.84. The third-order valence-corrected chi connectivity index (χ3v) is 5.33. The molecule has 0 atom stereocenters. The van der Waals surface area contributed by atoms with Crippen molar-refractivity contribution < 1.29 is 4.39 Å². The van der Waals surface area contributed by atoms with E-state index in [9.17, 15) is 4.39 Å². The topological polar surface area (TPSA) is 83.1 Å². The van der Waals surface area contributed by atoms with Crippen LogP contribution in [0, 0.1) is 5.82 Å². The molecular formula is C24H15FN6. The number of imidazole rings is 1. The summed E-state index contributed by atoms with van der Waals surface area (Å²) in [5, 5.41) is 8.51. The van der Waals surface area contributed by atoms with Crippen molar-refractivity contribution in [3.8, 4) is 33.8 Å². The van der Waals surface area contributed by atoms with E-state index in [0.29, 0.717) is 17.2 Å². The second kappa shape index (κ2) is 6.84. The van der Waals surface area contributed by atoms with E-state index in [2.05, 4.69) is 36.2 Å². The quantitative estimate of drug-likeness (QED) is 0.414. The molecule has 4 aromatic heterocycles. The molecule has 6 rings (SSSR count). The number of hydrogen-bond donors (Lipinski definition) is 2. The normalized spacial score (nSPS) is 11.4. The molecule has 0 aliphatic rings. The Morgan fingerprint density at radius 2 is 1.71 bits per heavy atom. The zero-order chi connectivity index (χ0) is 20.8. The summed E-state index contributed by atoms with van der Waals surface area (Å²) in [4.78, 5) is 16.5. The Hall–Kier alpha value is -4.39. The standard InChI is InChI=1S/C24H15FN6/c25-17-3-1-2-16(12-17)18-8-11-27-23-21(18)28-24(29-23)22-19-13-15(4-5-20(19)30-31-22)14-6-9-26-10-7-14/h1-13H,(H,30,31)(H,27,28,29). The lowest BCUT2D eigenvalue weighted by atomic mass is 10.0. The van der Waals surface area contributed by atoms with Crippen molar-refractivity contribution in [2.75, 3.05) is 0 Å². The monoisotopic (exact) mass is 406 g/mol. The third-order valence-electron chi connectivity index (χ3n) is 5.33. The van der Waals surface area contributed by atoms with Gasteiger partial charge in [0.1, 0.15) is 11.5 Å². The molecular weight excluding hydrogens is 391 g/mol. The summed E-state index contributed by atoms with van der Waals surface area (Å²) in [7, 11) is 0. The first-order chi connectivity index (χ1) is 15.3. The maximum atomic E-state index is 13.8. The van der Waals surface area contributed by atoms with Crippen LogP contribution in [0.2, 0.25) is 0 Å². The molecule has 0 saturated heterocycles. The molecule has 0 fully saturated rings. The predicted octanol–water partition coefficient (Wildman–Crippen LogP) is 5.37. The molecule has 4 heterocycles. The van der Waals surface area contributed by atoms with Gasteiger partial charge in [0.2, 0.25) is 0 Å². The summed E-state index contributed by atoms with van der Waals surface area (Å²) in [6.07, 6.45) is 5.22. The number of hydrogen-bond acceptors (Lipinski definition) is 4. The smallest absolute Gasteiger partial charge is 0.178 e. The number of nitrogens with one attached hydrogen (secondary N) is 2. The number of aromatic amines is 2. The summed E-state index contributed by atoms with van der Waals surface area (Å²) in [6, 6.07) is 18.4. The van der Waals surface area contributed by atoms with E-state index in [1.54, 1.807) is 24.7 Å². The average Bonchev–Trinajstić information content (AvgIpc) is 3.43. The minimum Gasteiger partial charge on any atom is -0.335 e. The van der Waals surface area contributed by atoms with Gasteiger partial charge in [0, 0.05) is 29.5 Å². The zero-order valence-corrected chi connectivity index (χ0v) is 16.2. The third kappa shape index (κ3) is 2.95.